The van der Waals surface area contributed by atoms with Gasteiger partial charge in [0.05, 0.1) is 0 Å². The number of nitrogens with one attached hydrogen (secondary N) is 1. The first-order chi connectivity index (χ1) is 17.0. The predicted octanol–water partition coefficient (Wildman–Crippen LogP) is 6.27. The van der Waals surface area contributed by atoms with Crippen molar-refractivity contribution in [2.24, 2.45) is 11.8 Å². The first-order valence-electron chi connectivity index (χ1n) is 12.3. The topological polar surface area (TPSA) is 58.1 Å². The molecule has 4 rings (SSSR count). The van der Waals surface area contributed by atoms with Crippen molar-refractivity contribution in [3.05, 3.63) is 82.5 Å². The molecule has 0 saturated carbocycles. The normalized spacial score (nSPS) is 14.3. The Morgan fingerprint density at radius 2 is 1.77 bits per heavy atom. The van der Waals surface area contributed by atoms with E-state index in [2.05, 4.69) is 59.4 Å². The molecule has 0 unspecified atom stereocenters. The Kier molecular flexibility index (Phi) is 9.05. The smallest absolute Gasteiger partial charge is 0.251 e. The zero-order valence-corrected chi connectivity index (χ0v) is 22.0. The molecule has 3 aromatic rings. The number of aromatic nitrogens is 2. The van der Waals surface area contributed by atoms with Gasteiger partial charge in [-0.25, -0.2) is 9.97 Å². The Bertz CT molecular complexity index is 1100. The molecule has 0 bridgehead atoms. The van der Waals surface area contributed by atoms with Crippen molar-refractivity contribution in [3.8, 4) is 0 Å². The summed E-state index contributed by atoms with van der Waals surface area (Å²) >= 11 is 7.92. The van der Waals surface area contributed by atoms with Gasteiger partial charge in [0.25, 0.3) is 5.91 Å². The number of amides is 1. The van der Waals surface area contributed by atoms with E-state index in [4.69, 9.17) is 16.6 Å². The molecule has 7 heteroatoms. The number of carbonyl (C=O) groups excluding carboxylic acids is 1. The summed E-state index contributed by atoms with van der Waals surface area (Å²) in [6.07, 6.45) is 3.44. The fraction of sp³-hybridized carbons (Fsp3) is 0.393. The lowest BCUT2D eigenvalue weighted by atomic mass is 9.90. The summed E-state index contributed by atoms with van der Waals surface area (Å²) in [5.41, 5.74) is 3.21. The zero-order chi connectivity index (χ0) is 24.6. The van der Waals surface area contributed by atoms with Gasteiger partial charge in [-0.05, 0) is 54.4 Å². The van der Waals surface area contributed by atoms with Gasteiger partial charge in [-0.1, -0.05) is 79.7 Å². The highest BCUT2D eigenvalue weighted by Crippen LogP contribution is 2.28. The van der Waals surface area contributed by atoms with Gasteiger partial charge in [0, 0.05) is 37.0 Å². The number of thioether (sulfide) groups is 1. The highest BCUT2D eigenvalue weighted by Gasteiger charge is 2.21. The summed E-state index contributed by atoms with van der Waals surface area (Å²) in [4.78, 5) is 23.8. The van der Waals surface area contributed by atoms with Crippen LogP contribution in [0, 0.1) is 11.8 Å². The molecule has 1 aliphatic rings. The lowest BCUT2D eigenvalue weighted by Crippen LogP contribution is -2.35. The molecule has 5 nitrogen and oxygen atoms in total. The lowest BCUT2D eigenvalue weighted by Gasteiger charge is -2.33. The molecule has 0 spiro atoms. The van der Waals surface area contributed by atoms with E-state index < -0.39 is 0 Å². The average Bonchev–Trinajstić information content (AvgIpc) is 2.87. The molecule has 2 heterocycles. The van der Waals surface area contributed by atoms with Crippen molar-refractivity contribution in [2.45, 2.75) is 44.0 Å². The highest BCUT2D eigenvalue weighted by molar-refractivity contribution is 7.98. The van der Waals surface area contributed by atoms with Gasteiger partial charge in [-0.15, -0.1) is 0 Å². The molecule has 0 atom stereocenters. The van der Waals surface area contributed by atoms with Crippen LogP contribution in [0.1, 0.15) is 48.2 Å². The summed E-state index contributed by atoms with van der Waals surface area (Å²) in [7, 11) is 0. The van der Waals surface area contributed by atoms with E-state index in [0.29, 0.717) is 40.0 Å². The Labute approximate surface area is 217 Å². The third-order valence-electron chi connectivity index (χ3n) is 6.22. The minimum atomic E-state index is -0.0340. The monoisotopic (exact) mass is 508 g/mol. The minimum Gasteiger partial charge on any atom is -0.356 e. The minimum absolute atomic E-state index is 0.0340. The van der Waals surface area contributed by atoms with Crippen LogP contribution in [0.15, 0.2) is 65.8 Å². The van der Waals surface area contributed by atoms with E-state index in [1.807, 2.05) is 30.3 Å². The van der Waals surface area contributed by atoms with E-state index in [1.54, 1.807) is 11.8 Å². The lowest BCUT2D eigenvalue weighted by molar-refractivity contribution is 0.0949. The number of anilines is 1. The third-order valence-corrected chi connectivity index (χ3v) is 7.33. The second-order valence-electron chi connectivity index (χ2n) is 9.54. The van der Waals surface area contributed by atoms with Gasteiger partial charge in [-0.3, -0.25) is 4.79 Å². The first kappa shape index (κ1) is 25.5. The van der Waals surface area contributed by atoms with E-state index in [9.17, 15) is 4.79 Å². The summed E-state index contributed by atoms with van der Waals surface area (Å²) in [6.45, 7) is 6.80. The van der Waals surface area contributed by atoms with Gasteiger partial charge in [0.1, 0.15) is 11.0 Å². The Hall–Kier alpha value is -2.57. The number of piperidine rings is 1. The van der Waals surface area contributed by atoms with Crippen molar-refractivity contribution in [2.75, 3.05) is 24.5 Å². The maximum atomic E-state index is 12.2. The molecule has 184 valence electrons. The van der Waals surface area contributed by atoms with Gasteiger partial charge in [0.2, 0.25) is 0 Å². The molecule has 1 N–H and O–H groups in total. The zero-order valence-electron chi connectivity index (χ0n) is 20.4. The van der Waals surface area contributed by atoms with Crippen molar-refractivity contribution in [1.82, 2.24) is 15.3 Å². The summed E-state index contributed by atoms with van der Waals surface area (Å²) in [5, 5.41) is 4.10. The average molecular weight is 509 g/mol. The van der Waals surface area contributed by atoms with Crippen LogP contribution >= 0.6 is 23.4 Å². The van der Waals surface area contributed by atoms with Crippen molar-refractivity contribution < 1.29 is 4.79 Å². The summed E-state index contributed by atoms with van der Waals surface area (Å²) < 4.78 is 0. The number of hydrogen-bond donors (Lipinski definition) is 1. The maximum absolute atomic E-state index is 12.2. The molecule has 1 fully saturated rings. The van der Waals surface area contributed by atoms with Crippen LogP contribution in [-0.2, 0) is 12.2 Å². The number of carbonyl (C=O) groups is 1. The molecule has 35 heavy (non-hydrogen) atoms. The van der Waals surface area contributed by atoms with Crippen LogP contribution in [-0.4, -0.2) is 35.5 Å². The quantitative estimate of drug-likeness (QED) is 0.210. The molecule has 0 radical (unpaired) electrons. The number of hydrogen-bond acceptors (Lipinski definition) is 5. The van der Waals surface area contributed by atoms with E-state index in [1.165, 1.54) is 5.56 Å². The fourth-order valence-electron chi connectivity index (χ4n) is 4.22. The molecule has 1 saturated heterocycles. The number of rotatable bonds is 9. The van der Waals surface area contributed by atoms with Crippen LogP contribution in [0.3, 0.4) is 0 Å². The Balaban J connectivity index is 1.30. The van der Waals surface area contributed by atoms with Gasteiger partial charge in [-0.2, -0.15) is 0 Å². The molecule has 1 aliphatic heterocycles. The SMILES string of the molecule is CC(C)CNC(=O)c1ccc(CSc2nc(Cl)cc(N3CCC(Cc4ccccc4)CC3)n2)cc1. The molecular weight excluding hydrogens is 476 g/mol. The Morgan fingerprint density at radius 3 is 2.46 bits per heavy atom. The second kappa shape index (κ2) is 12.4. The van der Waals surface area contributed by atoms with Crippen molar-refractivity contribution in [1.29, 1.82) is 0 Å². The fourth-order valence-corrected chi connectivity index (χ4v) is 5.26. The predicted molar refractivity (Wildman–Crippen MR) is 145 cm³/mol. The maximum Gasteiger partial charge on any atom is 0.251 e. The van der Waals surface area contributed by atoms with Crippen molar-refractivity contribution in [3.63, 3.8) is 0 Å². The summed E-state index contributed by atoms with van der Waals surface area (Å²) in [5.74, 6) is 2.72. The van der Waals surface area contributed by atoms with Gasteiger partial charge < -0.3 is 10.2 Å². The number of benzene rings is 2. The third kappa shape index (κ3) is 7.71. The standard InChI is InChI=1S/C28H33ClN4OS/c1-20(2)18-30-27(34)24-10-8-23(9-11-24)19-35-28-31-25(29)17-26(32-28)33-14-12-22(13-15-33)16-21-6-4-3-5-7-21/h3-11,17,20,22H,12-16,18-19H2,1-2H3,(H,30,34). The van der Waals surface area contributed by atoms with Gasteiger partial charge in [0.15, 0.2) is 5.16 Å². The number of halogens is 1. The van der Waals surface area contributed by atoms with Gasteiger partial charge >= 0.3 is 0 Å². The van der Waals surface area contributed by atoms with Crippen molar-refractivity contribution >= 4 is 35.1 Å². The molecule has 1 amide bonds. The van der Waals surface area contributed by atoms with Crippen LogP contribution in [0.4, 0.5) is 5.82 Å². The first-order valence-corrected chi connectivity index (χ1v) is 13.7. The molecular formula is C28H33ClN4OS. The Morgan fingerprint density at radius 1 is 1.06 bits per heavy atom. The van der Waals surface area contributed by atoms with Crippen LogP contribution < -0.4 is 10.2 Å². The van der Waals surface area contributed by atoms with E-state index in [0.717, 1.165) is 43.7 Å². The molecule has 1 aromatic heterocycles. The molecule has 0 aliphatic carbocycles. The van der Waals surface area contributed by atoms with Crippen LogP contribution in [0.2, 0.25) is 5.15 Å². The van der Waals surface area contributed by atoms with Crippen LogP contribution in [0.5, 0.6) is 0 Å². The second-order valence-corrected chi connectivity index (χ2v) is 10.9. The summed E-state index contributed by atoms with van der Waals surface area (Å²) in [6, 6.07) is 20.3. The van der Waals surface area contributed by atoms with E-state index in [-0.39, 0.29) is 5.91 Å². The number of nitrogens with zero attached hydrogens (tertiary/aromatic N) is 3. The molecule has 2 aromatic carbocycles. The van der Waals surface area contributed by atoms with Crippen LogP contribution in [0.25, 0.3) is 0 Å². The van der Waals surface area contributed by atoms with E-state index >= 15 is 0 Å². The highest BCUT2D eigenvalue weighted by atomic mass is 35.5. The largest absolute Gasteiger partial charge is 0.356 e.